The van der Waals surface area contributed by atoms with Crippen LogP contribution in [0.1, 0.15) is 52.9 Å². The minimum absolute atomic E-state index is 0.558. The van der Waals surface area contributed by atoms with E-state index in [1.807, 2.05) is 0 Å². The summed E-state index contributed by atoms with van der Waals surface area (Å²) in [5.41, 5.74) is 0.587. The Morgan fingerprint density at radius 3 is 2.69 bits per heavy atom. The van der Waals surface area contributed by atoms with Gasteiger partial charge in [0.15, 0.2) is 0 Å². The van der Waals surface area contributed by atoms with Gasteiger partial charge in [0.2, 0.25) is 0 Å². The third kappa shape index (κ3) is 2.98. The van der Waals surface area contributed by atoms with Gasteiger partial charge in [0.05, 0.1) is 6.10 Å². The monoisotopic (exact) mass is 225 g/mol. The first-order valence-electron chi connectivity index (χ1n) is 6.98. The van der Waals surface area contributed by atoms with Gasteiger partial charge in [-0.1, -0.05) is 20.8 Å². The highest BCUT2D eigenvalue weighted by atomic mass is 16.5. The molecule has 1 saturated carbocycles. The fourth-order valence-corrected chi connectivity index (χ4v) is 3.14. The molecule has 2 nitrogen and oxygen atoms in total. The number of rotatable bonds is 6. The molecule has 1 aliphatic heterocycles. The van der Waals surface area contributed by atoms with Crippen LogP contribution < -0.4 is 5.32 Å². The standard InChI is InChI=1S/C14H27NO/c1-4-15-13(12-10-14(12,2)3)8-7-11-6-5-9-16-11/h11-13,15H,4-10H2,1-3H3. The predicted molar refractivity (Wildman–Crippen MR) is 67.6 cm³/mol. The lowest BCUT2D eigenvalue weighted by Gasteiger charge is -2.21. The summed E-state index contributed by atoms with van der Waals surface area (Å²) in [6.45, 7) is 9.10. The molecule has 1 aliphatic carbocycles. The Morgan fingerprint density at radius 1 is 1.44 bits per heavy atom. The van der Waals surface area contributed by atoms with Crippen LogP contribution in [-0.2, 0) is 4.74 Å². The normalized spacial score (nSPS) is 33.9. The second kappa shape index (κ2) is 5.05. The van der Waals surface area contributed by atoms with Crippen LogP contribution in [0.5, 0.6) is 0 Å². The average Bonchev–Trinajstić information content (AvgIpc) is 2.68. The summed E-state index contributed by atoms with van der Waals surface area (Å²) in [7, 11) is 0. The SMILES string of the molecule is CCNC(CCC1CCCO1)C1CC1(C)C. The molecule has 1 heterocycles. The van der Waals surface area contributed by atoms with Crippen molar-refractivity contribution in [2.45, 2.75) is 65.0 Å². The minimum atomic E-state index is 0.558. The Kier molecular flexibility index (Phi) is 3.91. The van der Waals surface area contributed by atoms with Crippen LogP contribution in [0, 0.1) is 11.3 Å². The van der Waals surface area contributed by atoms with Crippen LogP contribution in [0.2, 0.25) is 0 Å². The van der Waals surface area contributed by atoms with Crippen molar-refractivity contribution in [2.75, 3.05) is 13.2 Å². The molecular formula is C14H27NO. The minimum Gasteiger partial charge on any atom is -0.378 e. The maximum absolute atomic E-state index is 5.71. The summed E-state index contributed by atoms with van der Waals surface area (Å²) in [6, 6.07) is 0.726. The first-order chi connectivity index (χ1) is 7.63. The quantitative estimate of drug-likeness (QED) is 0.750. The van der Waals surface area contributed by atoms with E-state index < -0.39 is 0 Å². The van der Waals surface area contributed by atoms with Gasteiger partial charge in [-0.3, -0.25) is 0 Å². The smallest absolute Gasteiger partial charge is 0.0576 e. The van der Waals surface area contributed by atoms with Gasteiger partial charge in [0.25, 0.3) is 0 Å². The molecule has 1 saturated heterocycles. The summed E-state index contributed by atoms with van der Waals surface area (Å²) < 4.78 is 5.71. The Morgan fingerprint density at radius 2 is 2.19 bits per heavy atom. The molecule has 0 spiro atoms. The summed E-state index contributed by atoms with van der Waals surface area (Å²) >= 11 is 0. The maximum atomic E-state index is 5.71. The number of hydrogen-bond acceptors (Lipinski definition) is 2. The van der Waals surface area contributed by atoms with Gasteiger partial charge >= 0.3 is 0 Å². The maximum Gasteiger partial charge on any atom is 0.0576 e. The van der Waals surface area contributed by atoms with Gasteiger partial charge in [-0.05, 0) is 50.0 Å². The van der Waals surface area contributed by atoms with Crippen LogP contribution in [-0.4, -0.2) is 25.3 Å². The number of hydrogen-bond donors (Lipinski definition) is 1. The molecule has 2 fully saturated rings. The van der Waals surface area contributed by atoms with E-state index in [1.165, 1.54) is 32.1 Å². The van der Waals surface area contributed by atoms with Crippen LogP contribution in [0.4, 0.5) is 0 Å². The fraction of sp³-hybridized carbons (Fsp3) is 1.00. The Bertz CT molecular complexity index is 221. The molecule has 2 aliphatic rings. The van der Waals surface area contributed by atoms with Crippen molar-refractivity contribution in [3.63, 3.8) is 0 Å². The lowest BCUT2D eigenvalue weighted by Crippen LogP contribution is -2.33. The number of nitrogens with one attached hydrogen (secondary N) is 1. The molecule has 3 atom stereocenters. The van der Waals surface area contributed by atoms with Crippen LogP contribution >= 0.6 is 0 Å². The van der Waals surface area contributed by atoms with Gasteiger partial charge in [0, 0.05) is 12.6 Å². The van der Waals surface area contributed by atoms with E-state index in [4.69, 9.17) is 4.74 Å². The molecule has 3 unspecified atom stereocenters. The van der Waals surface area contributed by atoms with Crippen LogP contribution in [0.3, 0.4) is 0 Å². The van der Waals surface area contributed by atoms with Gasteiger partial charge in [-0.15, -0.1) is 0 Å². The summed E-state index contributed by atoms with van der Waals surface area (Å²) in [5, 5.41) is 3.67. The predicted octanol–water partition coefficient (Wildman–Crippen LogP) is 2.97. The molecule has 2 heteroatoms. The van der Waals surface area contributed by atoms with Crippen molar-refractivity contribution in [1.82, 2.24) is 5.32 Å². The summed E-state index contributed by atoms with van der Waals surface area (Å²) in [4.78, 5) is 0. The topological polar surface area (TPSA) is 21.3 Å². The molecule has 1 N–H and O–H groups in total. The van der Waals surface area contributed by atoms with Gasteiger partial charge in [-0.2, -0.15) is 0 Å². The van der Waals surface area contributed by atoms with E-state index in [-0.39, 0.29) is 0 Å². The zero-order valence-corrected chi connectivity index (χ0v) is 11.1. The van der Waals surface area contributed by atoms with Crippen molar-refractivity contribution < 1.29 is 4.74 Å². The van der Waals surface area contributed by atoms with Crippen molar-refractivity contribution in [3.8, 4) is 0 Å². The van der Waals surface area contributed by atoms with E-state index in [9.17, 15) is 0 Å². The lowest BCUT2D eigenvalue weighted by atomic mass is 9.97. The largest absolute Gasteiger partial charge is 0.378 e. The zero-order valence-electron chi connectivity index (χ0n) is 11.1. The molecule has 0 aromatic heterocycles. The average molecular weight is 225 g/mol. The van der Waals surface area contributed by atoms with Crippen molar-refractivity contribution >= 4 is 0 Å². The number of ether oxygens (including phenoxy) is 1. The van der Waals surface area contributed by atoms with E-state index in [2.05, 4.69) is 26.1 Å². The van der Waals surface area contributed by atoms with E-state index in [0.717, 1.165) is 25.1 Å². The molecule has 2 rings (SSSR count). The Labute approximate surface area is 100 Å². The molecule has 0 amide bonds. The van der Waals surface area contributed by atoms with E-state index in [0.29, 0.717) is 11.5 Å². The molecule has 0 radical (unpaired) electrons. The summed E-state index contributed by atoms with van der Waals surface area (Å²) in [5.74, 6) is 0.897. The van der Waals surface area contributed by atoms with E-state index in [1.54, 1.807) is 0 Å². The van der Waals surface area contributed by atoms with Crippen molar-refractivity contribution in [2.24, 2.45) is 11.3 Å². The lowest BCUT2D eigenvalue weighted by molar-refractivity contribution is 0.0983. The zero-order chi connectivity index (χ0) is 11.6. The first-order valence-corrected chi connectivity index (χ1v) is 6.98. The second-order valence-electron chi connectivity index (χ2n) is 6.18. The highest BCUT2D eigenvalue weighted by Gasteiger charge is 2.49. The highest BCUT2D eigenvalue weighted by molar-refractivity contribution is 5.01. The van der Waals surface area contributed by atoms with Crippen molar-refractivity contribution in [1.29, 1.82) is 0 Å². The summed E-state index contributed by atoms with van der Waals surface area (Å²) in [6.07, 6.45) is 7.06. The Hall–Kier alpha value is -0.0800. The van der Waals surface area contributed by atoms with E-state index >= 15 is 0 Å². The second-order valence-corrected chi connectivity index (χ2v) is 6.18. The van der Waals surface area contributed by atoms with Gasteiger partial charge in [-0.25, -0.2) is 0 Å². The molecule has 0 aromatic carbocycles. The van der Waals surface area contributed by atoms with Crippen LogP contribution in [0.15, 0.2) is 0 Å². The third-order valence-corrected chi connectivity index (χ3v) is 4.37. The van der Waals surface area contributed by atoms with Crippen LogP contribution in [0.25, 0.3) is 0 Å². The van der Waals surface area contributed by atoms with Crippen molar-refractivity contribution in [3.05, 3.63) is 0 Å². The first kappa shape index (κ1) is 12.4. The molecule has 0 aromatic rings. The Balaban J connectivity index is 1.74. The molecule has 0 bridgehead atoms. The molecule has 16 heavy (non-hydrogen) atoms. The molecular weight excluding hydrogens is 198 g/mol. The van der Waals surface area contributed by atoms with Gasteiger partial charge < -0.3 is 10.1 Å². The van der Waals surface area contributed by atoms with Gasteiger partial charge in [0.1, 0.15) is 0 Å². The highest BCUT2D eigenvalue weighted by Crippen LogP contribution is 2.54. The fourth-order valence-electron chi connectivity index (χ4n) is 3.14. The third-order valence-electron chi connectivity index (χ3n) is 4.37. The molecule has 94 valence electrons.